The summed E-state index contributed by atoms with van der Waals surface area (Å²) in [5, 5.41) is 14.4. The molecule has 23 heavy (non-hydrogen) atoms. The van der Waals surface area contributed by atoms with Crippen molar-refractivity contribution in [1.29, 1.82) is 0 Å². The zero-order chi connectivity index (χ0) is 16.5. The van der Waals surface area contributed by atoms with E-state index < -0.39 is 0 Å². The number of rotatable bonds is 8. The molecule has 1 amide bonds. The molecule has 0 bridgehead atoms. The first-order chi connectivity index (χ1) is 11.2. The first-order valence-corrected chi connectivity index (χ1v) is 8.26. The van der Waals surface area contributed by atoms with Crippen molar-refractivity contribution in [2.45, 2.75) is 20.0 Å². The van der Waals surface area contributed by atoms with E-state index in [9.17, 15) is 4.79 Å². The summed E-state index contributed by atoms with van der Waals surface area (Å²) in [5.41, 5.74) is 1.80. The smallest absolute Gasteiger partial charge is 0.244 e. The number of thiazole rings is 1. The molecule has 0 unspecified atom stereocenters. The van der Waals surface area contributed by atoms with Gasteiger partial charge in [0.05, 0.1) is 10.7 Å². The van der Waals surface area contributed by atoms with Crippen molar-refractivity contribution in [3.63, 3.8) is 0 Å². The van der Waals surface area contributed by atoms with Gasteiger partial charge in [-0.15, -0.1) is 11.3 Å². The van der Waals surface area contributed by atoms with Gasteiger partial charge in [-0.25, -0.2) is 4.98 Å². The van der Waals surface area contributed by atoms with Crippen molar-refractivity contribution < 1.29 is 14.6 Å². The lowest BCUT2D eigenvalue weighted by atomic mass is 10.2. The number of carbonyl (C=O) groups excluding carboxylic acids is 1. The predicted octanol–water partition coefficient (Wildman–Crippen LogP) is 2.54. The third-order valence-corrected chi connectivity index (χ3v) is 3.79. The first kappa shape index (κ1) is 17.2. The fourth-order valence-corrected chi connectivity index (χ4v) is 2.46. The summed E-state index contributed by atoms with van der Waals surface area (Å²) in [7, 11) is 0. The van der Waals surface area contributed by atoms with Gasteiger partial charge in [0.25, 0.3) is 0 Å². The molecule has 2 N–H and O–H groups in total. The van der Waals surface area contributed by atoms with Gasteiger partial charge in [0, 0.05) is 24.6 Å². The third kappa shape index (κ3) is 6.22. The zero-order valence-corrected chi connectivity index (χ0v) is 13.8. The van der Waals surface area contributed by atoms with E-state index in [0.717, 1.165) is 22.0 Å². The number of aliphatic hydroxyl groups is 1. The second-order valence-electron chi connectivity index (χ2n) is 4.92. The quantitative estimate of drug-likeness (QED) is 0.576. The van der Waals surface area contributed by atoms with E-state index in [4.69, 9.17) is 9.84 Å². The molecule has 122 valence electrons. The monoisotopic (exact) mass is 332 g/mol. The Balaban J connectivity index is 1.87. The number of hydrogen-bond donors (Lipinski definition) is 2. The summed E-state index contributed by atoms with van der Waals surface area (Å²) in [4.78, 5) is 15.9. The van der Waals surface area contributed by atoms with Gasteiger partial charge in [0.1, 0.15) is 12.4 Å². The van der Waals surface area contributed by atoms with Crippen LogP contribution in [0, 0.1) is 6.92 Å². The van der Waals surface area contributed by atoms with Crippen molar-refractivity contribution in [3.05, 3.63) is 52.0 Å². The molecule has 0 atom stereocenters. The predicted molar refractivity (Wildman–Crippen MR) is 91.4 cm³/mol. The Morgan fingerprint density at radius 1 is 1.48 bits per heavy atom. The maximum atomic E-state index is 11.6. The summed E-state index contributed by atoms with van der Waals surface area (Å²) < 4.78 is 5.71. The van der Waals surface area contributed by atoms with Crippen LogP contribution in [0.15, 0.2) is 35.7 Å². The zero-order valence-electron chi connectivity index (χ0n) is 13.0. The standard InChI is InChI=1S/C17H20N2O3S/c1-13-19-15(12-23-13)11-22-16-5-2-4-14(10-16)6-7-17(21)18-8-3-9-20/h2,4-7,10,12,20H,3,8-9,11H2,1H3,(H,18,21)/b7-6+. The van der Waals surface area contributed by atoms with Crippen LogP contribution >= 0.6 is 11.3 Å². The van der Waals surface area contributed by atoms with Gasteiger partial charge in [-0.1, -0.05) is 12.1 Å². The summed E-state index contributed by atoms with van der Waals surface area (Å²) >= 11 is 1.60. The lowest BCUT2D eigenvalue weighted by Crippen LogP contribution is -2.22. The molecular formula is C17H20N2O3S. The molecule has 1 aromatic carbocycles. The fraction of sp³-hybridized carbons (Fsp3) is 0.294. The van der Waals surface area contributed by atoms with E-state index in [1.54, 1.807) is 17.4 Å². The van der Waals surface area contributed by atoms with Gasteiger partial charge < -0.3 is 15.2 Å². The Kier molecular flexibility index (Phi) is 6.77. The number of nitrogens with zero attached hydrogens (tertiary/aromatic N) is 1. The van der Waals surface area contributed by atoms with E-state index >= 15 is 0 Å². The lowest BCUT2D eigenvalue weighted by molar-refractivity contribution is -0.116. The Bertz CT molecular complexity index is 667. The van der Waals surface area contributed by atoms with Crippen LogP contribution in [0.3, 0.4) is 0 Å². The molecule has 0 saturated heterocycles. The highest BCUT2D eigenvalue weighted by Gasteiger charge is 2.01. The van der Waals surface area contributed by atoms with Crippen LogP contribution in [0.1, 0.15) is 22.7 Å². The second kappa shape index (κ2) is 9.07. The van der Waals surface area contributed by atoms with Gasteiger partial charge in [0.15, 0.2) is 0 Å². The molecule has 0 spiro atoms. The van der Waals surface area contributed by atoms with Crippen LogP contribution in [0.4, 0.5) is 0 Å². The highest BCUT2D eigenvalue weighted by molar-refractivity contribution is 7.09. The van der Waals surface area contributed by atoms with Crippen LogP contribution in [-0.4, -0.2) is 29.1 Å². The molecule has 0 aliphatic rings. The molecule has 2 rings (SSSR count). The number of aryl methyl sites for hydroxylation is 1. The summed E-state index contributed by atoms with van der Waals surface area (Å²) in [5.74, 6) is 0.557. The molecule has 2 aromatic rings. The minimum Gasteiger partial charge on any atom is -0.487 e. The van der Waals surface area contributed by atoms with E-state index in [0.29, 0.717) is 19.6 Å². The average Bonchev–Trinajstić information content (AvgIpc) is 2.97. The van der Waals surface area contributed by atoms with E-state index in [-0.39, 0.29) is 12.5 Å². The molecule has 0 fully saturated rings. The van der Waals surface area contributed by atoms with E-state index in [2.05, 4.69) is 10.3 Å². The molecule has 0 aliphatic carbocycles. The van der Waals surface area contributed by atoms with Crippen molar-refractivity contribution >= 4 is 23.3 Å². The topological polar surface area (TPSA) is 71.5 Å². The van der Waals surface area contributed by atoms with Gasteiger partial charge in [-0.3, -0.25) is 4.79 Å². The summed E-state index contributed by atoms with van der Waals surface area (Å²) in [6.45, 7) is 2.93. The Morgan fingerprint density at radius 3 is 3.09 bits per heavy atom. The number of amides is 1. The maximum Gasteiger partial charge on any atom is 0.244 e. The van der Waals surface area contributed by atoms with Gasteiger partial charge >= 0.3 is 0 Å². The highest BCUT2D eigenvalue weighted by Crippen LogP contribution is 2.17. The average molecular weight is 332 g/mol. The maximum absolute atomic E-state index is 11.6. The fourth-order valence-electron chi connectivity index (χ4n) is 1.86. The third-order valence-electron chi connectivity index (χ3n) is 2.97. The van der Waals surface area contributed by atoms with Crippen LogP contribution in [-0.2, 0) is 11.4 Å². The van der Waals surface area contributed by atoms with Crippen molar-refractivity contribution in [2.24, 2.45) is 0 Å². The Hall–Kier alpha value is -2.18. The largest absolute Gasteiger partial charge is 0.487 e. The molecule has 0 saturated carbocycles. The van der Waals surface area contributed by atoms with E-state index in [1.165, 1.54) is 6.08 Å². The number of ether oxygens (including phenoxy) is 1. The van der Waals surface area contributed by atoms with Crippen LogP contribution < -0.4 is 10.1 Å². The Morgan fingerprint density at radius 2 is 2.35 bits per heavy atom. The molecular weight excluding hydrogens is 312 g/mol. The SMILES string of the molecule is Cc1nc(COc2cccc(/C=C/C(=O)NCCCO)c2)cs1. The van der Waals surface area contributed by atoms with Gasteiger partial charge in [0.2, 0.25) is 5.91 Å². The summed E-state index contributed by atoms with van der Waals surface area (Å²) in [6, 6.07) is 7.52. The first-order valence-electron chi connectivity index (χ1n) is 7.38. The van der Waals surface area contributed by atoms with Gasteiger partial charge in [-0.2, -0.15) is 0 Å². The number of nitrogens with one attached hydrogen (secondary N) is 1. The normalized spacial score (nSPS) is 10.9. The summed E-state index contributed by atoms with van der Waals surface area (Å²) in [6.07, 6.45) is 3.76. The Labute approximate surface area is 139 Å². The van der Waals surface area contributed by atoms with Crippen LogP contribution in [0.5, 0.6) is 5.75 Å². The molecule has 1 aromatic heterocycles. The van der Waals surface area contributed by atoms with Crippen molar-refractivity contribution in [1.82, 2.24) is 10.3 Å². The molecule has 0 aliphatic heterocycles. The van der Waals surface area contributed by atoms with Crippen LogP contribution in [0.2, 0.25) is 0 Å². The minimum atomic E-state index is -0.178. The van der Waals surface area contributed by atoms with Gasteiger partial charge in [-0.05, 0) is 37.1 Å². The number of aliphatic hydroxyl groups excluding tert-OH is 1. The molecule has 1 heterocycles. The molecule has 0 radical (unpaired) electrons. The van der Waals surface area contributed by atoms with Crippen molar-refractivity contribution in [3.8, 4) is 5.75 Å². The van der Waals surface area contributed by atoms with Crippen LogP contribution in [0.25, 0.3) is 6.08 Å². The lowest BCUT2D eigenvalue weighted by Gasteiger charge is -2.05. The molecule has 5 nitrogen and oxygen atoms in total. The second-order valence-corrected chi connectivity index (χ2v) is 5.98. The number of benzene rings is 1. The number of aromatic nitrogens is 1. The number of hydrogen-bond acceptors (Lipinski definition) is 5. The van der Waals surface area contributed by atoms with E-state index in [1.807, 2.05) is 36.6 Å². The highest BCUT2D eigenvalue weighted by atomic mass is 32.1. The number of carbonyl (C=O) groups is 1. The minimum absolute atomic E-state index is 0.0713. The van der Waals surface area contributed by atoms with Crippen molar-refractivity contribution in [2.75, 3.05) is 13.2 Å². The molecule has 6 heteroatoms.